The molecule has 4 nitrogen and oxygen atoms in total. The van der Waals surface area contributed by atoms with Crippen LogP contribution in [0.3, 0.4) is 0 Å². The molecule has 0 aromatic rings. The molecule has 0 aromatic carbocycles. The van der Waals surface area contributed by atoms with Gasteiger partial charge in [-0.05, 0) is 11.8 Å². The Labute approximate surface area is 84.8 Å². The van der Waals surface area contributed by atoms with Crippen LogP contribution in [0.5, 0.6) is 0 Å². The summed E-state index contributed by atoms with van der Waals surface area (Å²) in [5, 5.41) is 19.2. The monoisotopic (exact) mass is 204 g/mol. The lowest BCUT2D eigenvalue weighted by Crippen LogP contribution is -2.52. The van der Waals surface area contributed by atoms with Crippen LogP contribution >= 0.6 is 0 Å². The lowest BCUT2D eigenvalue weighted by Gasteiger charge is -2.40. The third-order valence-electron chi connectivity index (χ3n) is 2.47. The molecule has 4 unspecified atom stereocenters. The first-order valence-electron chi connectivity index (χ1n) is 5.10. The lowest BCUT2D eigenvalue weighted by atomic mass is 10.0. The van der Waals surface area contributed by atoms with Crippen molar-refractivity contribution < 1.29 is 19.7 Å². The third kappa shape index (κ3) is 2.45. The molecule has 0 aromatic heterocycles. The standard InChI is InChI=1S/C10H20O4/c1-5(2)7-9(11)14-8(6(3)4)10(12)13-7/h5-12H,1-4H3. The second-order valence-electron chi connectivity index (χ2n) is 4.47. The highest BCUT2D eigenvalue weighted by Gasteiger charge is 2.39. The van der Waals surface area contributed by atoms with Gasteiger partial charge in [0.15, 0.2) is 12.6 Å². The molecule has 1 aliphatic heterocycles. The SMILES string of the molecule is CC(C)C1OC(O)C(C(C)C)OC1O. The summed E-state index contributed by atoms with van der Waals surface area (Å²) < 4.78 is 10.6. The Morgan fingerprint density at radius 3 is 1.29 bits per heavy atom. The van der Waals surface area contributed by atoms with Crippen LogP contribution in [-0.2, 0) is 9.47 Å². The van der Waals surface area contributed by atoms with E-state index in [9.17, 15) is 10.2 Å². The van der Waals surface area contributed by atoms with Crippen LogP contribution in [0.1, 0.15) is 27.7 Å². The zero-order chi connectivity index (χ0) is 10.9. The van der Waals surface area contributed by atoms with Crippen molar-refractivity contribution in [1.29, 1.82) is 0 Å². The van der Waals surface area contributed by atoms with Crippen molar-refractivity contribution in [3.8, 4) is 0 Å². The summed E-state index contributed by atoms with van der Waals surface area (Å²) in [6.07, 6.45) is -2.77. The molecule has 4 heteroatoms. The zero-order valence-electron chi connectivity index (χ0n) is 9.18. The molecule has 2 N–H and O–H groups in total. The fourth-order valence-electron chi connectivity index (χ4n) is 1.58. The largest absolute Gasteiger partial charge is 0.366 e. The number of aliphatic hydroxyl groups excluding tert-OH is 2. The van der Waals surface area contributed by atoms with Gasteiger partial charge in [0, 0.05) is 0 Å². The highest BCUT2D eigenvalue weighted by atomic mass is 16.7. The van der Waals surface area contributed by atoms with E-state index < -0.39 is 24.8 Å². The van der Waals surface area contributed by atoms with Gasteiger partial charge in [-0.25, -0.2) is 0 Å². The minimum Gasteiger partial charge on any atom is -0.366 e. The van der Waals surface area contributed by atoms with E-state index in [1.165, 1.54) is 0 Å². The molecule has 0 aliphatic carbocycles. The van der Waals surface area contributed by atoms with Gasteiger partial charge < -0.3 is 19.7 Å². The first kappa shape index (κ1) is 11.9. The normalized spacial score (nSPS) is 39.4. The topological polar surface area (TPSA) is 58.9 Å². The van der Waals surface area contributed by atoms with Gasteiger partial charge in [0.05, 0.1) is 0 Å². The number of aliphatic hydroxyl groups is 2. The molecular formula is C10H20O4. The fourth-order valence-corrected chi connectivity index (χ4v) is 1.58. The van der Waals surface area contributed by atoms with Crippen molar-refractivity contribution in [1.82, 2.24) is 0 Å². The van der Waals surface area contributed by atoms with Gasteiger partial charge >= 0.3 is 0 Å². The van der Waals surface area contributed by atoms with Crippen LogP contribution in [-0.4, -0.2) is 35.0 Å². The van der Waals surface area contributed by atoms with Crippen LogP contribution in [0, 0.1) is 11.8 Å². The minimum atomic E-state index is -0.939. The molecule has 0 amide bonds. The predicted molar refractivity (Wildman–Crippen MR) is 51.4 cm³/mol. The maximum absolute atomic E-state index is 9.62. The molecule has 1 fully saturated rings. The Hall–Kier alpha value is -0.160. The van der Waals surface area contributed by atoms with Crippen molar-refractivity contribution in [3.63, 3.8) is 0 Å². The highest BCUT2D eigenvalue weighted by Crippen LogP contribution is 2.26. The molecule has 0 saturated carbocycles. The lowest BCUT2D eigenvalue weighted by molar-refractivity contribution is -0.344. The predicted octanol–water partition coefficient (Wildman–Crippen LogP) is 0.719. The smallest absolute Gasteiger partial charge is 0.182 e. The Balaban J connectivity index is 2.62. The quantitative estimate of drug-likeness (QED) is 0.696. The van der Waals surface area contributed by atoms with Crippen molar-refractivity contribution >= 4 is 0 Å². The van der Waals surface area contributed by atoms with Gasteiger partial charge in [-0.2, -0.15) is 0 Å². The number of ether oxygens (including phenoxy) is 2. The molecule has 84 valence electrons. The maximum atomic E-state index is 9.62. The second-order valence-corrected chi connectivity index (χ2v) is 4.47. The average molecular weight is 204 g/mol. The highest BCUT2D eigenvalue weighted by molar-refractivity contribution is 4.77. The van der Waals surface area contributed by atoms with E-state index in [0.29, 0.717) is 0 Å². The van der Waals surface area contributed by atoms with Gasteiger partial charge in [-0.1, -0.05) is 27.7 Å². The summed E-state index contributed by atoms with van der Waals surface area (Å²) in [5.74, 6) is 0.237. The van der Waals surface area contributed by atoms with Crippen molar-refractivity contribution in [2.45, 2.75) is 52.5 Å². The maximum Gasteiger partial charge on any atom is 0.182 e. The Bertz CT molecular complexity index is 161. The number of hydrogen-bond acceptors (Lipinski definition) is 4. The number of hydrogen-bond donors (Lipinski definition) is 2. The van der Waals surface area contributed by atoms with E-state index in [-0.39, 0.29) is 11.8 Å². The van der Waals surface area contributed by atoms with Crippen LogP contribution in [0.2, 0.25) is 0 Å². The molecule has 0 spiro atoms. The molecular weight excluding hydrogens is 184 g/mol. The number of rotatable bonds is 2. The summed E-state index contributed by atoms with van der Waals surface area (Å²) in [6, 6.07) is 0. The molecule has 1 aliphatic rings. The Morgan fingerprint density at radius 1 is 0.786 bits per heavy atom. The van der Waals surface area contributed by atoms with Crippen LogP contribution in [0.4, 0.5) is 0 Å². The molecule has 0 bridgehead atoms. The Morgan fingerprint density at radius 2 is 1.07 bits per heavy atom. The average Bonchev–Trinajstić information content (AvgIpc) is 2.07. The van der Waals surface area contributed by atoms with Gasteiger partial charge in [0.1, 0.15) is 12.2 Å². The van der Waals surface area contributed by atoms with Gasteiger partial charge in [-0.15, -0.1) is 0 Å². The first-order valence-corrected chi connectivity index (χ1v) is 5.10. The van der Waals surface area contributed by atoms with Gasteiger partial charge in [0.25, 0.3) is 0 Å². The molecule has 1 saturated heterocycles. The third-order valence-corrected chi connectivity index (χ3v) is 2.47. The van der Waals surface area contributed by atoms with Crippen LogP contribution in [0.25, 0.3) is 0 Å². The minimum absolute atomic E-state index is 0.118. The van der Waals surface area contributed by atoms with Crippen molar-refractivity contribution in [2.24, 2.45) is 11.8 Å². The summed E-state index contributed by atoms with van der Waals surface area (Å²) >= 11 is 0. The molecule has 0 radical (unpaired) electrons. The van der Waals surface area contributed by atoms with E-state index in [4.69, 9.17) is 9.47 Å². The van der Waals surface area contributed by atoms with Gasteiger partial charge in [0.2, 0.25) is 0 Å². The molecule has 1 rings (SSSR count). The van der Waals surface area contributed by atoms with E-state index in [1.807, 2.05) is 27.7 Å². The first-order chi connectivity index (χ1) is 6.43. The van der Waals surface area contributed by atoms with E-state index in [0.717, 1.165) is 0 Å². The van der Waals surface area contributed by atoms with Crippen LogP contribution in [0.15, 0.2) is 0 Å². The van der Waals surface area contributed by atoms with Crippen LogP contribution < -0.4 is 0 Å². The van der Waals surface area contributed by atoms with E-state index in [1.54, 1.807) is 0 Å². The molecule has 1 heterocycles. The summed E-state index contributed by atoms with van der Waals surface area (Å²) in [6.45, 7) is 7.67. The Kier molecular flexibility index (Phi) is 3.89. The summed E-state index contributed by atoms with van der Waals surface area (Å²) in [5.41, 5.74) is 0. The fraction of sp³-hybridized carbons (Fsp3) is 1.00. The zero-order valence-corrected chi connectivity index (χ0v) is 9.18. The van der Waals surface area contributed by atoms with Crippen molar-refractivity contribution in [3.05, 3.63) is 0 Å². The van der Waals surface area contributed by atoms with E-state index in [2.05, 4.69) is 0 Å². The summed E-state index contributed by atoms with van der Waals surface area (Å²) in [7, 11) is 0. The second kappa shape index (κ2) is 4.57. The molecule has 14 heavy (non-hydrogen) atoms. The van der Waals surface area contributed by atoms with Crippen molar-refractivity contribution in [2.75, 3.05) is 0 Å². The molecule has 4 atom stereocenters. The van der Waals surface area contributed by atoms with Gasteiger partial charge in [-0.3, -0.25) is 0 Å². The van der Waals surface area contributed by atoms with E-state index >= 15 is 0 Å². The summed E-state index contributed by atoms with van der Waals surface area (Å²) in [4.78, 5) is 0.